The number of aldehydes is 1. The molecule has 0 aliphatic heterocycles. The lowest BCUT2D eigenvalue weighted by Crippen LogP contribution is -2.00. The summed E-state index contributed by atoms with van der Waals surface area (Å²) in [7, 11) is 1.75. The van der Waals surface area contributed by atoms with Gasteiger partial charge in [0.2, 0.25) is 0 Å². The molecular formula is C6H10N2O. The molecule has 0 aliphatic rings. The second-order valence-corrected chi connectivity index (χ2v) is 1.49. The van der Waals surface area contributed by atoms with Crippen LogP contribution in [0.3, 0.4) is 0 Å². The summed E-state index contributed by atoms with van der Waals surface area (Å²) in [5, 5.41) is 2.71. The van der Waals surface area contributed by atoms with Crippen LogP contribution in [0.4, 0.5) is 0 Å². The Bertz CT molecular complexity index is 138. The fourth-order valence-corrected chi connectivity index (χ4v) is 0.308. The molecule has 0 amide bonds. The molecule has 0 unspecified atom stereocenters. The second kappa shape index (κ2) is 5.03. The molecule has 0 rings (SSSR count). The third kappa shape index (κ3) is 4.74. The molecular weight excluding hydrogens is 116 g/mol. The van der Waals surface area contributed by atoms with Gasteiger partial charge in [-0.2, -0.15) is 0 Å². The van der Waals surface area contributed by atoms with Crippen LogP contribution in [0, 0.1) is 0 Å². The molecule has 0 aliphatic carbocycles. The van der Waals surface area contributed by atoms with Crippen molar-refractivity contribution in [2.75, 3.05) is 7.05 Å². The third-order valence-electron chi connectivity index (χ3n) is 0.707. The van der Waals surface area contributed by atoms with Crippen LogP contribution < -0.4 is 5.32 Å². The van der Waals surface area contributed by atoms with E-state index in [1.54, 1.807) is 14.0 Å². The van der Waals surface area contributed by atoms with Crippen LogP contribution >= 0.6 is 0 Å². The van der Waals surface area contributed by atoms with Crippen molar-refractivity contribution in [3.05, 3.63) is 11.8 Å². The van der Waals surface area contributed by atoms with E-state index in [1.807, 2.05) is 0 Å². The van der Waals surface area contributed by atoms with Gasteiger partial charge in [-0.3, -0.25) is 4.79 Å². The summed E-state index contributed by atoms with van der Waals surface area (Å²) in [5.74, 6) is 0. The maximum atomic E-state index is 9.81. The van der Waals surface area contributed by atoms with Gasteiger partial charge in [0, 0.05) is 12.7 Å². The fraction of sp³-hybridized carbons (Fsp3) is 0.333. The number of allylic oxidation sites excluding steroid dienone is 2. The van der Waals surface area contributed by atoms with Crippen molar-refractivity contribution >= 4 is 12.6 Å². The summed E-state index contributed by atoms with van der Waals surface area (Å²) < 4.78 is 0. The Balaban J connectivity index is 3.74. The minimum Gasteiger partial charge on any atom is -0.379 e. The van der Waals surface area contributed by atoms with Crippen LogP contribution in [0.25, 0.3) is 0 Å². The van der Waals surface area contributed by atoms with Gasteiger partial charge in [0.25, 0.3) is 0 Å². The number of carbonyl (C=O) groups is 1. The zero-order valence-corrected chi connectivity index (χ0v) is 5.59. The Kier molecular flexibility index (Phi) is 4.40. The summed E-state index contributed by atoms with van der Waals surface area (Å²) in [4.78, 5) is 13.6. The number of hydrogen-bond donors (Lipinski definition) is 1. The lowest BCUT2D eigenvalue weighted by Gasteiger charge is -1.86. The molecule has 0 atom stereocenters. The van der Waals surface area contributed by atoms with E-state index >= 15 is 0 Å². The molecule has 9 heavy (non-hydrogen) atoms. The normalized spacial score (nSPS) is 12.0. The van der Waals surface area contributed by atoms with E-state index in [-0.39, 0.29) is 0 Å². The Hall–Kier alpha value is -1.12. The largest absolute Gasteiger partial charge is 0.379 e. The highest BCUT2D eigenvalue weighted by Crippen LogP contribution is 1.88. The summed E-state index contributed by atoms with van der Waals surface area (Å²) in [6.45, 7) is 1.75. The van der Waals surface area contributed by atoms with Gasteiger partial charge in [-0.05, 0) is 13.0 Å². The van der Waals surface area contributed by atoms with Gasteiger partial charge < -0.3 is 5.32 Å². The van der Waals surface area contributed by atoms with Gasteiger partial charge in [0.1, 0.15) is 6.29 Å². The maximum absolute atomic E-state index is 9.81. The molecule has 0 bridgehead atoms. The highest BCUT2D eigenvalue weighted by molar-refractivity contribution is 5.67. The predicted octanol–water partition coefficient (Wildman–Crippen LogP) is 0.337. The zero-order chi connectivity index (χ0) is 7.11. The van der Waals surface area contributed by atoms with Crippen molar-refractivity contribution < 1.29 is 4.79 Å². The maximum Gasteiger partial charge on any atom is 0.144 e. The second-order valence-electron chi connectivity index (χ2n) is 1.49. The van der Waals surface area contributed by atoms with Crippen LogP contribution in [0.2, 0.25) is 0 Å². The van der Waals surface area contributed by atoms with Gasteiger partial charge in [-0.15, -0.1) is 0 Å². The molecule has 0 saturated carbocycles. The fourth-order valence-electron chi connectivity index (χ4n) is 0.308. The van der Waals surface area contributed by atoms with Crippen LogP contribution in [0.15, 0.2) is 16.8 Å². The summed E-state index contributed by atoms with van der Waals surface area (Å²) in [5.41, 5.74) is 0.694. The quantitative estimate of drug-likeness (QED) is 0.256. The van der Waals surface area contributed by atoms with Gasteiger partial charge in [0.15, 0.2) is 0 Å². The first kappa shape index (κ1) is 7.88. The molecule has 1 N–H and O–H groups in total. The number of hydrogen-bond acceptors (Lipinski definition) is 2. The van der Waals surface area contributed by atoms with Crippen molar-refractivity contribution in [2.24, 2.45) is 4.99 Å². The van der Waals surface area contributed by atoms with E-state index in [9.17, 15) is 4.79 Å². The molecule has 0 fully saturated rings. The number of nitrogens with one attached hydrogen (secondary N) is 1. The van der Waals surface area contributed by atoms with Gasteiger partial charge >= 0.3 is 0 Å². The summed E-state index contributed by atoms with van der Waals surface area (Å²) >= 11 is 0. The molecule has 0 aromatic rings. The monoisotopic (exact) mass is 126 g/mol. The molecule has 0 aromatic carbocycles. The van der Waals surface area contributed by atoms with Crippen LogP contribution in [-0.4, -0.2) is 19.7 Å². The molecule has 0 radical (unpaired) electrons. The van der Waals surface area contributed by atoms with Crippen LogP contribution in [0.1, 0.15) is 6.92 Å². The Labute approximate surface area is 54.5 Å². The molecule has 0 aromatic heterocycles. The Morgan fingerprint density at radius 2 is 2.33 bits per heavy atom. The van der Waals surface area contributed by atoms with E-state index in [0.717, 1.165) is 0 Å². The highest BCUT2D eigenvalue weighted by atomic mass is 16.1. The Morgan fingerprint density at radius 3 is 2.78 bits per heavy atom. The standard InChI is InChI=1S/C6H10N2O/c1-6(3-4-9)8-5-7-2/h3-5H,1-2H3,(H,7,8)/b6-3-. The highest BCUT2D eigenvalue weighted by Gasteiger charge is 1.76. The molecule has 3 heteroatoms. The van der Waals surface area contributed by atoms with E-state index < -0.39 is 0 Å². The van der Waals surface area contributed by atoms with Crippen molar-refractivity contribution in [3.63, 3.8) is 0 Å². The first-order chi connectivity index (χ1) is 4.31. The van der Waals surface area contributed by atoms with Gasteiger partial charge in [-0.25, -0.2) is 4.99 Å². The lowest BCUT2D eigenvalue weighted by molar-refractivity contribution is -0.104. The number of rotatable bonds is 3. The van der Waals surface area contributed by atoms with Crippen LogP contribution in [-0.2, 0) is 4.79 Å². The minimum atomic E-state index is 0.694. The number of carbonyl (C=O) groups excluding carboxylic acids is 1. The zero-order valence-electron chi connectivity index (χ0n) is 5.59. The van der Waals surface area contributed by atoms with E-state index in [0.29, 0.717) is 12.0 Å². The van der Waals surface area contributed by atoms with Crippen LogP contribution in [0.5, 0.6) is 0 Å². The topological polar surface area (TPSA) is 41.5 Å². The molecule has 50 valence electrons. The van der Waals surface area contributed by atoms with Crippen molar-refractivity contribution in [3.8, 4) is 0 Å². The third-order valence-corrected chi connectivity index (χ3v) is 0.707. The van der Waals surface area contributed by atoms with Crippen molar-refractivity contribution in [2.45, 2.75) is 6.92 Å². The van der Waals surface area contributed by atoms with E-state index in [1.165, 1.54) is 12.4 Å². The van der Waals surface area contributed by atoms with Crippen molar-refractivity contribution in [1.82, 2.24) is 5.32 Å². The smallest absolute Gasteiger partial charge is 0.144 e. The molecule has 0 heterocycles. The number of nitrogens with zero attached hydrogens (tertiary/aromatic N) is 1. The minimum absolute atomic E-state index is 0.694. The lowest BCUT2D eigenvalue weighted by atomic mass is 10.5. The average molecular weight is 126 g/mol. The van der Waals surface area contributed by atoms with Crippen molar-refractivity contribution in [1.29, 1.82) is 0 Å². The predicted molar refractivity (Wildman–Crippen MR) is 37.4 cm³/mol. The summed E-state index contributed by atoms with van der Waals surface area (Å²) in [6, 6.07) is 0. The van der Waals surface area contributed by atoms with E-state index in [4.69, 9.17) is 0 Å². The molecule has 3 nitrogen and oxygen atoms in total. The van der Waals surface area contributed by atoms with Gasteiger partial charge in [-0.1, -0.05) is 0 Å². The molecule has 0 saturated heterocycles. The SMILES string of the molecule is CN/C=N\C(C)=C/C=O. The van der Waals surface area contributed by atoms with Gasteiger partial charge in [0.05, 0.1) is 6.34 Å². The Morgan fingerprint density at radius 1 is 1.67 bits per heavy atom. The number of aliphatic imine (C=N–C) groups is 1. The first-order valence-electron chi connectivity index (χ1n) is 2.63. The van der Waals surface area contributed by atoms with E-state index in [2.05, 4.69) is 10.3 Å². The average Bonchev–Trinajstić information content (AvgIpc) is 1.85. The molecule has 0 spiro atoms. The first-order valence-corrected chi connectivity index (χ1v) is 2.63. The summed E-state index contributed by atoms with van der Waals surface area (Å²) in [6.07, 6.45) is 3.63.